The smallest absolute Gasteiger partial charge is 0.129 e. The predicted molar refractivity (Wildman–Crippen MR) is 106 cm³/mol. The number of alkyl halides is 1. The maximum absolute atomic E-state index is 14.3. The van der Waals surface area contributed by atoms with Crippen LogP contribution in [0.1, 0.15) is 76.4 Å². The first kappa shape index (κ1) is 19.8. The summed E-state index contributed by atoms with van der Waals surface area (Å²) in [6.45, 7) is 7.61. The van der Waals surface area contributed by atoms with E-state index < -0.39 is 6.17 Å². The number of rotatable bonds is 10. The van der Waals surface area contributed by atoms with E-state index in [-0.39, 0.29) is 0 Å². The van der Waals surface area contributed by atoms with Crippen LogP contribution in [0.25, 0.3) is 0 Å². The molecular weight excluding hydrogens is 309 g/mol. The van der Waals surface area contributed by atoms with Crippen molar-refractivity contribution in [3.8, 4) is 0 Å². The van der Waals surface area contributed by atoms with Crippen LogP contribution in [0.2, 0.25) is 0 Å². The van der Waals surface area contributed by atoms with Crippen LogP contribution in [0.4, 0.5) is 4.39 Å². The van der Waals surface area contributed by atoms with Gasteiger partial charge in [0.2, 0.25) is 0 Å². The number of nitrogens with zero attached hydrogens (tertiary/aromatic N) is 1. The summed E-state index contributed by atoms with van der Waals surface area (Å²) in [5, 5.41) is 0. The molecule has 1 aromatic rings. The Morgan fingerprint density at radius 3 is 2.72 bits per heavy atom. The Balaban J connectivity index is 1.83. The van der Waals surface area contributed by atoms with Gasteiger partial charge < -0.3 is 4.90 Å². The minimum absolute atomic E-state index is 0.399. The summed E-state index contributed by atoms with van der Waals surface area (Å²) in [6, 6.07) is 9.86. The monoisotopic (exact) mass is 343 g/mol. The average molecular weight is 344 g/mol. The number of unbranched alkanes of at least 4 members (excludes halogenated alkanes) is 4. The highest BCUT2D eigenvalue weighted by atomic mass is 19.1. The third-order valence-corrected chi connectivity index (χ3v) is 5.14. The Kier molecular flexibility index (Phi) is 8.79. The van der Waals surface area contributed by atoms with Gasteiger partial charge in [-0.25, -0.2) is 4.39 Å². The lowest BCUT2D eigenvalue weighted by atomic mass is 9.98. The van der Waals surface area contributed by atoms with Gasteiger partial charge in [-0.1, -0.05) is 81.7 Å². The van der Waals surface area contributed by atoms with E-state index in [1.54, 1.807) is 0 Å². The predicted octanol–water partition coefficient (Wildman–Crippen LogP) is 6.98. The summed E-state index contributed by atoms with van der Waals surface area (Å²) in [4.78, 5) is 2.46. The molecule has 25 heavy (non-hydrogen) atoms. The molecule has 0 N–H and O–H groups in total. The highest BCUT2D eigenvalue weighted by Crippen LogP contribution is 2.27. The van der Waals surface area contributed by atoms with E-state index in [4.69, 9.17) is 0 Å². The first-order chi connectivity index (χ1) is 12.2. The zero-order chi connectivity index (χ0) is 17.9. The molecule has 1 aliphatic heterocycles. The first-order valence-electron chi connectivity index (χ1n) is 10.0. The fourth-order valence-electron chi connectivity index (χ4n) is 3.61. The molecule has 1 saturated heterocycles. The lowest BCUT2D eigenvalue weighted by molar-refractivity contribution is 0.231. The molecule has 1 heterocycles. The van der Waals surface area contributed by atoms with Crippen LogP contribution in [0.3, 0.4) is 0 Å². The van der Waals surface area contributed by atoms with Crippen molar-refractivity contribution in [3.63, 3.8) is 0 Å². The van der Waals surface area contributed by atoms with Crippen molar-refractivity contribution in [2.24, 2.45) is 0 Å². The number of hydrogen-bond donors (Lipinski definition) is 0. The lowest BCUT2D eigenvalue weighted by Gasteiger charge is -2.37. The fraction of sp³-hybridized carbons (Fsp3) is 0.565. The van der Waals surface area contributed by atoms with Gasteiger partial charge in [0.15, 0.2) is 0 Å². The van der Waals surface area contributed by atoms with Gasteiger partial charge in [-0.3, -0.25) is 0 Å². The van der Waals surface area contributed by atoms with Crippen LogP contribution in [-0.4, -0.2) is 17.5 Å². The van der Waals surface area contributed by atoms with Crippen LogP contribution in [-0.2, 0) is 0 Å². The van der Waals surface area contributed by atoms with E-state index in [0.717, 1.165) is 24.9 Å². The molecule has 0 spiro atoms. The van der Waals surface area contributed by atoms with Crippen molar-refractivity contribution in [1.29, 1.82) is 0 Å². The zero-order valence-electron chi connectivity index (χ0n) is 15.8. The van der Waals surface area contributed by atoms with Gasteiger partial charge in [0.05, 0.1) is 0 Å². The number of hydrogen-bond acceptors (Lipinski definition) is 1. The first-order valence-corrected chi connectivity index (χ1v) is 10.0. The number of halogens is 1. The summed E-state index contributed by atoms with van der Waals surface area (Å²) in [5.41, 5.74) is 2.03. The van der Waals surface area contributed by atoms with E-state index in [2.05, 4.69) is 24.5 Å². The summed E-state index contributed by atoms with van der Waals surface area (Å²) in [7, 11) is 0. The average Bonchev–Trinajstić information content (AvgIpc) is 2.64. The molecule has 1 aliphatic rings. The molecule has 0 bridgehead atoms. The fourth-order valence-corrected chi connectivity index (χ4v) is 3.61. The second-order valence-electron chi connectivity index (χ2n) is 7.18. The van der Waals surface area contributed by atoms with E-state index in [1.165, 1.54) is 44.2 Å². The number of likely N-dealkylation sites (tertiary alicyclic amines) is 1. The largest absolute Gasteiger partial charge is 0.369 e. The number of allylic oxidation sites excluding steroid dienone is 2. The van der Waals surface area contributed by atoms with Crippen molar-refractivity contribution in [2.45, 2.75) is 76.9 Å². The molecule has 0 radical (unpaired) electrons. The molecule has 1 nitrogen and oxygen atoms in total. The standard InChI is InChI=1S/C23H34FN/c1-3-4-5-6-10-19-25-20(2)13-11-16-22(25)17-12-18-23(24)21-14-8-7-9-15-21/h7-9,12,14-15,17,22-23H,2-6,10-11,13,16,18-19H2,1H3/b17-12+. The van der Waals surface area contributed by atoms with Crippen molar-refractivity contribution in [1.82, 2.24) is 4.90 Å². The second kappa shape index (κ2) is 11.1. The summed E-state index contributed by atoms with van der Waals surface area (Å²) in [5.74, 6) is 0. The maximum Gasteiger partial charge on any atom is 0.129 e. The molecule has 2 unspecified atom stereocenters. The van der Waals surface area contributed by atoms with Gasteiger partial charge in [0, 0.05) is 24.7 Å². The minimum atomic E-state index is -0.910. The number of piperidine rings is 1. The molecule has 0 aliphatic carbocycles. The molecule has 0 aromatic heterocycles. The molecule has 1 fully saturated rings. The molecule has 0 saturated carbocycles. The van der Waals surface area contributed by atoms with Crippen LogP contribution in [0.15, 0.2) is 54.8 Å². The van der Waals surface area contributed by atoms with Gasteiger partial charge in [0.25, 0.3) is 0 Å². The van der Waals surface area contributed by atoms with E-state index in [0.29, 0.717) is 12.5 Å². The lowest BCUT2D eigenvalue weighted by Crippen LogP contribution is -2.36. The third-order valence-electron chi connectivity index (χ3n) is 5.14. The van der Waals surface area contributed by atoms with Crippen LogP contribution < -0.4 is 0 Å². The minimum Gasteiger partial charge on any atom is -0.369 e. The molecule has 2 atom stereocenters. The van der Waals surface area contributed by atoms with Crippen molar-refractivity contribution in [2.75, 3.05) is 6.54 Å². The maximum atomic E-state index is 14.3. The Hall–Kier alpha value is -1.57. The molecular formula is C23H34FN. The van der Waals surface area contributed by atoms with E-state index in [1.807, 2.05) is 36.4 Å². The van der Waals surface area contributed by atoms with Crippen molar-refractivity contribution < 1.29 is 4.39 Å². The third kappa shape index (κ3) is 6.68. The Bertz CT molecular complexity index is 522. The highest BCUT2D eigenvalue weighted by molar-refractivity contribution is 5.18. The van der Waals surface area contributed by atoms with Gasteiger partial charge in [-0.2, -0.15) is 0 Å². The van der Waals surface area contributed by atoms with Crippen LogP contribution in [0.5, 0.6) is 0 Å². The van der Waals surface area contributed by atoms with Gasteiger partial charge in [-0.05, 0) is 31.2 Å². The highest BCUT2D eigenvalue weighted by Gasteiger charge is 2.21. The van der Waals surface area contributed by atoms with E-state index >= 15 is 0 Å². The number of benzene rings is 1. The van der Waals surface area contributed by atoms with E-state index in [9.17, 15) is 4.39 Å². The second-order valence-corrected chi connectivity index (χ2v) is 7.18. The van der Waals surface area contributed by atoms with Crippen LogP contribution in [0, 0.1) is 0 Å². The van der Waals surface area contributed by atoms with Gasteiger partial charge in [0.1, 0.15) is 6.17 Å². The Labute approximate surface area is 153 Å². The summed E-state index contributed by atoms with van der Waals surface area (Å²) in [6.07, 6.45) is 13.7. The Morgan fingerprint density at radius 1 is 1.20 bits per heavy atom. The van der Waals surface area contributed by atoms with Gasteiger partial charge >= 0.3 is 0 Å². The quantitative estimate of drug-likeness (QED) is 0.327. The topological polar surface area (TPSA) is 3.24 Å². The van der Waals surface area contributed by atoms with Gasteiger partial charge in [-0.15, -0.1) is 0 Å². The Morgan fingerprint density at radius 2 is 1.96 bits per heavy atom. The molecule has 0 amide bonds. The molecule has 2 heteroatoms. The van der Waals surface area contributed by atoms with Crippen molar-refractivity contribution >= 4 is 0 Å². The SMILES string of the molecule is C=C1CCCC(/C=C/CC(F)c2ccccc2)N1CCCCCCC. The molecule has 2 rings (SSSR count). The summed E-state index contributed by atoms with van der Waals surface area (Å²) < 4.78 is 14.3. The summed E-state index contributed by atoms with van der Waals surface area (Å²) >= 11 is 0. The van der Waals surface area contributed by atoms with Crippen molar-refractivity contribution in [3.05, 3.63) is 60.3 Å². The van der Waals surface area contributed by atoms with Crippen LogP contribution >= 0.6 is 0 Å². The zero-order valence-corrected chi connectivity index (χ0v) is 15.8. The normalized spacial score (nSPS) is 19.5. The molecule has 138 valence electrons. The molecule has 1 aromatic carbocycles.